The van der Waals surface area contributed by atoms with E-state index >= 15 is 0 Å². The van der Waals surface area contributed by atoms with E-state index < -0.39 is 0 Å². The standard InChI is InChI=1S/C20H28FN3O3/c1-2-5-19(26)24-11-4-7-16(14-24)20(27)23-10-9-22-18(25)13-15-6-3-8-17(21)12-15/h3,6,8,12,16H,2,4-5,7,9-11,13-14H2,1H3,(H,22,25)(H,23,27). The molecule has 6 nitrogen and oxygen atoms in total. The van der Waals surface area contributed by atoms with Gasteiger partial charge in [0.15, 0.2) is 0 Å². The average molecular weight is 377 g/mol. The van der Waals surface area contributed by atoms with Crippen molar-refractivity contribution in [1.82, 2.24) is 15.5 Å². The maximum Gasteiger partial charge on any atom is 0.224 e. The molecule has 0 bridgehead atoms. The van der Waals surface area contributed by atoms with Crippen molar-refractivity contribution in [2.45, 2.75) is 39.0 Å². The Morgan fingerprint density at radius 3 is 2.74 bits per heavy atom. The number of rotatable bonds is 8. The molecule has 1 heterocycles. The van der Waals surface area contributed by atoms with Gasteiger partial charge in [-0.25, -0.2) is 4.39 Å². The van der Waals surface area contributed by atoms with Gasteiger partial charge in [-0.05, 0) is 37.0 Å². The molecule has 0 aromatic heterocycles. The third kappa shape index (κ3) is 7.00. The van der Waals surface area contributed by atoms with Crippen LogP contribution in [-0.4, -0.2) is 48.8 Å². The highest BCUT2D eigenvalue weighted by molar-refractivity contribution is 5.81. The zero-order chi connectivity index (χ0) is 19.6. The van der Waals surface area contributed by atoms with Crippen molar-refractivity contribution in [3.63, 3.8) is 0 Å². The summed E-state index contributed by atoms with van der Waals surface area (Å²) in [5.74, 6) is -0.749. The minimum atomic E-state index is -0.369. The van der Waals surface area contributed by atoms with Gasteiger partial charge in [0.25, 0.3) is 0 Å². The van der Waals surface area contributed by atoms with Gasteiger partial charge in [0.1, 0.15) is 5.82 Å². The van der Waals surface area contributed by atoms with Gasteiger partial charge in [-0.1, -0.05) is 19.1 Å². The molecular weight excluding hydrogens is 349 g/mol. The lowest BCUT2D eigenvalue weighted by Gasteiger charge is -2.32. The van der Waals surface area contributed by atoms with Gasteiger partial charge in [0, 0.05) is 32.6 Å². The van der Waals surface area contributed by atoms with Crippen molar-refractivity contribution < 1.29 is 18.8 Å². The largest absolute Gasteiger partial charge is 0.354 e. The number of hydrogen-bond acceptors (Lipinski definition) is 3. The fourth-order valence-corrected chi connectivity index (χ4v) is 3.22. The van der Waals surface area contributed by atoms with Crippen molar-refractivity contribution in [3.8, 4) is 0 Å². The predicted octanol–water partition coefficient (Wildman–Crippen LogP) is 1.64. The molecule has 1 aromatic rings. The van der Waals surface area contributed by atoms with E-state index in [0.717, 1.165) is 25.8 Å². The van der Waals surface area contributed by atoms with Crippen LogP contribution in [0.5, 0.6) is 0 Å². The minimum Gasteiger partial charge on any atom is -0.354 e. The van der Waals surface area contributed by atoms with Gasteiger partial charge >= 0.3 is 0 Å². The highest BCUT2D eigenvalue weighted by atomic mass is 19.1. The molecule has 1 aliphatic heterocycles. The second-order valence-electron chi connectivity index (χ2n) is 6.88. The molecule has 0 radical (unpaired) electrons. The van der Waals surface area contributed by atoms with Crippen LogP contribution < -0.4 is 10.6 Å². The van der Waals surface area contributed by atoms with Crippen LogP contribution in [0.3, 0.4) is 0 Å². The van der Waals surface area contributed by atoms with Crippen LogP contribution in [0.25, 0.3) is 0 Å². The SMILES string of the molecule is CCCC(=O)N1CCCC(C(=O)NCCNC(=O)Cc2cccc(F)c2)C1. The molecule has 27 heavy (non-hydrogen) atoms. The molecule has 2 rings (SSSR count). The number of benzene rings is 1. The molecule has 148 valence electrons. The molecule has 1 saturated heterocycles. The summed E-state index contributed by atoms with van der Waals surface area (Å²) in [5.41, 5.74) is 0.607. The first-order valence-electron chi connectivity index (χ1n) is 9.56. The molecule has 1 aromatic carbocycles. The Morgan fingerprint density at radius 1 is 1.22 bits per heavy atom. The smallest absolute Gasteiger partial charge is 0.224 e. The van der Waals surface area contributed by atoms with Crippen molar-refractivity contribution in [3.05, 3.63) is 35.6 Å². The molecule has 0 spiro atoms. The van der Waals surface area contributed by atoms with E-state index in [1.165, 1.54) is 12.1 Å². The van der Waals surface area contributed by atoms with Gasteiger partial charge in [0.2, 0.25) is 17.7 Å². The molecule has 1 aliphatic rings. The molecule has 0 saturated carbocycles. The predicted molar refractivity (Wildman–Crippen MR) is 100 cm³/mol. The third-order valence-electron chi connectivity index (χ3n) is 4.61. The Kier molecular flexibility index (Phi) is 8.23. The Bertz CT molecular complexity index is 666. The van der Waals surface area contributed by atoms with E-state index in [9.17, 15) is 18.8 Å². The lowest BCUT2D eigenvalue weighted by molar-refractivity contribution is -0.135. The van der Waals surface area contributed by atoms with E-state index in [2.05, 4.69) is 10.6 Å². The number of carbonyl (C=O) groups is 3. The van der Waals surface area contributed by atoms with Crippen molar-refractivity contribution in [2.75, 3.05) is 26.2 Å². The van der Waals surface area contributed by atoms with Crippen LogP contribution in [0, 0.1) is 11.7 Å². The molecule has 1 unspecified atom stereocenters. The fourth-order valence-electron chi connectivity index (χ4n) is 3.22. The van der Waals surface area contributed by atoms with Crippen LogP contribution in [-0.2, 0) is 20.8 Å². The number of amides is 3. The Labute approximate surface area is 159 Å². The summed E-state index contributed by atoms with van der Waals surface area (Å²) in [5, 5.41) is 5.53. The summed E-state index contributed by atoms with van der Waals surface area (Å²) in [6.07, 6.45) is 3.03. The van der Waals surface area contributed by atoms with Gasteiger partial charge in [-0.2, -0.15) is 0 Å². The van der Waals surface area contributed by atoms with E-state index in [0.29, 0.717) is 31.6 Å². The summed E-state index contributed by atoms with van der Waals surface area (Å²) < 4.78 is 13.1. The summed E-state index contributed by atoms with van der Waals surface area (Å²) in [4.78, 5) is 37.9. The van der Waals surface area contributed by atoms with Crippen LogP contribution in [0.15, 0.2) is 24.3 Å². The number of halogens is 1. The monoisotopic (exact) mass is 377 g/mol. The first-order chi connectivity index (χ1) is 13.0. The zero-order valence-corrected chi connectivity index (χ0v) is 15.8. The number of carbonyl (C=O) groups excluding carboxylic acids is 3. The van der Waals surface area contributed by atoms with Crippen molar-refractivity contribution >= 4 is 17.7 Å². The second kappa shape index (κ2) is 10.6. The normalized spacial score (nSPS) is 16.7. The first-order valence-corrected chi connectivity index (χ1v) is 9.56. The number of piperidine rings is 1. The topological polar surface area (TPSA) is 78.5 Å². The third-order valence-corrected chi connectivity index (χ3v) is 4.61. The van der Waals surface area contributed by atoms with Crippen LogP contribution in [0.1, 0.15) is 38.2 Å². The van der Waals surface area contributed by atoms with Crippen molar-refractivity contribution in [2.24, 2.45) is 5.92 Å². The molecule has 7 heteroatoms. The average Bonchev–Trinajstić information content (AvgIpc) is 2.65. The number of likely N-dealkylation sites (tertiary alicyclic amines) is 1. The van der Waals surface area contributed by atoms with Crippen molar-refractivity contribution in [1.29, 1.82) is 0 Å². The molecule has 1 atom stereocenters. The van der Waals surface area contributed by atoms with Gasteiger partial charge < -0.3 is 15.5 Å². The van der Waals surface area contributed by atoms with E-state index in [-0.39, 0.29) is 35.9 Å². The number of nitrogens with zero attached hydrogens (tertiary/aromatic N) is 1. The second-order valence-corrected chi connectivity index (χ2v) is 6.88. The van der Waals surface area contributed by atoms with Crippen LogP contribution in [0.4, 0.5) is 4.39 Å². The summed E-state index contributed by atoms with van der Waals surface area (Å²) in [6.45, 7) is 3.79. The molecule has 3 amide bonds. The number of hydrogen-bond donors (Lipinski definition) is 2. The molecular formula is C20H28FN3O3. The minimum absolute atomic E-state index is 0.0802. The quantitative estimate of drug-likeness (QED) is 0.676. The molecule has 1 fully saturated rings. The Hall–Kier alpha value is -2.44. The lowest BCUT2D eigenvalue weighted by atomic mass is 9.97. The fraction of sp³-hybridized carbons (Fsp3) is 0.550. The van der Waals surface area contributed by atoms with E-state index in [4.69, 9.17) is 0 Å². The first kappa shape index (κ1) is 20.9. The maximum absolute atomic E-state index is 13.1. The van der Waals surface area contributed by atoms with Gasteiger partial charge in [-0.3, -0.25) is 14.4 Å². The van der Waals surface area contributed by atoms with Gasteiger partial charge in [0.05, 0.1) is 12.3 Å². The highest BCUT2D eigenvalue weighted by Crippen LogP contribution is 2.17. The highest BCUT2D eigenvalue weighted by Gasteiger charge is 2.27. The number of nitrogens with one attached hydrogen (secondary N) is 2. The van der Waals surface area contributed by atoms with Crippen LogP contribution in [0.2, 0.25) is 0 Å². The zero-order valence-electron chi connectivity index (χ0n) is 15.8. The Balaban J connectivity index is 1.66. The van der Waals surface area contributed by atoms with E-state index in [1.807, 2.05) is 6.92 Å². The molecule has 2 N–H and O–H groups in total. The Morgan fingerprint density at radius 2 is 2.00 bits per heavy atom. The summed E-state index contributed by atoms with van der Waals surface area (Å²) in [6, 6.07) is 5.92. The summed E-state index contributed by atoms with van der Waals surface area (Å²) >= 11 is 0. The van der Waals surface area contributed by atoms with Crippen LogP contribution >= 0.6 is 0 Å². The molecule has 0 aliphatic carbocycles. The summed E-state index contributed by atoms with van der Waals surface area (Å²) in [7, 11) is 0. The maximum atomic E-state index is 13.1. The van der Waals surface area contributed by atoms with Gasteiger partial charge in [-0.15, -0.1) is 0 Å². The lowest BCUT2D eigenvalue weighted by Crippen LogP contribution is -2.46. The van der Waals surface area contributed by atoms with E-state index in [1.54, 1.807) is 17.0 Å².